The van der Waals surface area contributed by atoms with Crippen molar-refractivity contribution >= 4 is 17.7 Å². The summed E-state index contributed by atoms with van der Waals surface area (Å²) in [5.41, 5.74) is 0.426. The van der Waals surface area contributed by atoms with Gasteiger partial charge in [0, 0.05) is 17.0 Å². The summed E-state index contributed by atoms with van der Waals surface area (Å²) in [6.07, 6.45) is -0.797. The second-order valence-corrected chi connectivity index (χ2v) is 5.80. The summed E-state index contributed by atoms with van der Waals surface area (Å²) in [6, 6.07) is 6.94. The molecule has 0 aliphatic rings. The van der Waals surface area contributed by atoms with E-state index < -0.39 is 12.2 Å². The Morgan fingerprint density at radius 2 is 1.95 bits per heavy atom. The number of ether oxygens (including phenoxy) is 1. The molecule has 5 heteroatoms. The molecule has 1 unspecified atom stereocenters. The first-order valence-corrected chi connectivity index (χ1v) is 6.54. The van der Waals surface area contributed by atoms with E-state index in [1.807, 2.05) is 20.8 Å². The van der Waals surface area contributed by atoms with Gasteiger partial charge in [-0.25, -0.2) is 4.79 Å². The number of carbonyl (C=O) groups is 1. The van der Waals surface area contributed by atoms with Crippen molar-refractivity contribution in [2.75, 3.05) is 6.61 Å². The number of aliphatic hydroxyl groups is 1. The van der Waals surface area contributed by atoms with Crippen LogP contribution in [-0.2, 0) is 4.74 Å². The SMILES string of the molecule is CC(C)(C)NC(=O)OCCC(O)c1ccc(Cl)cc1. The highest BCUT2D eigenvalue weighted by molar-refractivity contribution is 6.30. The van der Waals surface area contributed by atoms with Gasteiger partial charge in [-0.3, -0.25) is 0 Å². The average molecular weight is 286 g/mol. The van der Waals surface area contributed by atoms with Crippen LogP contribution in [0.3, 0.4) is 0 Å². The van der Waals surface area contributed by atoms with Gasteiger partial charge in [0.05, 0.1) is 12.7 Å². The lowest BCUT2D eigenvalue weighted by Crippen LogP contribution is -2.41. The third kappa shape index (κ3) is 6.45. The first kappa shape index (κ1) is 15.8. The van der Waals surface area contributed by atoms with Crippen molar-refractivity contribution in [2.24, 2.45) is 0 Å². The molecule has 0 fully saturated rings. The van der Waals surface area contributed by atoms with E-state index in [9.17, 15) is 9.90 Å². The Morgan fingerprint density at radius 3 is 2.47 bits per heavy atom. The Balaban J connectivity index is 2.33. The van der Waals surface area contributed by atoms with E-state index >= 15 is 0 Å². The monoisotopic (exact) mass is 285 g/mol. The molecular weight excluding hydrogens is 266 g/mol. The van der Waals surface area contributed by atoms with Crippen molar-refractivity contribution < 1.29 is 14.6 Å². The van der Waals surface area contributed by atoms with Crippen LogP contribution in [0.15, 0.2) is 24.3 Å². The number of halogens is 1. The van der Waals surface area contributed by atoms with Gasteiger partial charge in [-0.1, -0.05) is 23.7 Å². The molecule has 1 amide bonds. The zero-order chi connectivity index (χ0) is 14.5. The Morgan fingerprint density at radius 1 is 1.37 bits per heavy atom. The minimum Gasteiger partial charge on any atom is -0.449 e. The van der Waals surface area contributed by atoms with Crippen LogP contribution in [0.25, 0.3) is 0 Å². The van der Waals surface area contributed by atoms with Gasteiger partial charge in [0.15, 0.2) is 0 Å². The number of benzene rings is 1. The molecule has 2 N–H and O–H groups in total. The van der Waals surface area contributed by atoms with Crippen molar-refractivity contribution in [3.05, 3.63) is 34.9 Å². The van der Waals surface area contributed by atoms with E-state index in [4.69, 9.17) is 16.3 Å². The molecule has 0 radical (unpaired) electrons. The number of rotatable bonds is 4. The normalized spacial score (nSPS) is 12.9. The molecule has 0 heterocycles. The van der Waals surface area contributed by atoms with Gasteiger partial charge in [-0.15, -0.1) is 0 Å². The molecule has 0 aromatic heterocycles. The van der Waals surface area contributed by atoms with Crippen LogP contribution < -0.4 is 5.32 Å². The van der Waals surface area contributed by atoms with Gasteiger partial charge in [-0.05, 0) is 38.5 Å². The summed E-state index contributed by atoms with van der Waals surface area (Å²) in [4.78, 5) is 11.4. The van der Waals surface area contributed by atoms with Gasteiger partial charge >= 0.3 is 6.09 Å². The van der Waals surface area contributed by atoms with E-state index in [-0.39, 0.29) is 12.1 Å². The summed E-state index contributed by atoms with van der Waals surface area (Å²) in [5.74, 6) is 0. The quantitative estimate of drug-likeness (QED) is 0.892. The molecule has 106 valence electrons. The maximum absolute atomic E-state index is 11.4. The second-order valence-electron chi connectivity index (χ2n) is 5.37. The predicted octanol–water partition coefficient (Wildman–Crippen LogP) is 3.29. The van der Waals surface area contributed by atoms with Gasteiger partial charge in [-0.2, -0.15) is 0 Å². The van der Waals surface area contributed by atoms with Gasteiger partial charge < -0.3 is 15.2 Å². The Hall–Kier alpha value is -1.26. The first-order chi connectivity index (χ1) is 8.78. The Kier molecular flexibility index (Phi) is 5.63. The van der Waals surface area contributed by atoms with E-state index in [0.717, 1.165) is 5.56 Å². The number of alkyl carbamates (subject to hydrolysis) is 1. The number of carbonyl (C=O) groups excluding carboxylic acids is 1. The molecule has 0 bridgehead atoms. The van der Waals surface area contributed by atoms with E-state index in [2.05, 4.69) is 5.32 Å². The van der Waals surface area contributed by atoms with Crippen LogP contribution in [0.5, 0.6) is 0 Å². The highest BCUT2D eigenvalue weighted by atomic mass is 35.5. The number of nitrogens with one attached hydrogen (secondary N) is 1. The highest BCUT2D eigenvalue weighted by Gasteiger charge is 2.15. The maximum Gasteiger partial charge on any atom is 0.407 e. The summed E-state index contributed by atoms with van der Waals surface area (Å²) in [6.45, 7) is 5.77. The summed E-state index contributed by atoms with van der Waals surface area (Å²) in [5, 5.41) is 13.2. The second kappa shape index (κ2) is 6.78. The summed E-state index contributed by atoms with van der Waals surface area (Å²) < 4.78 is 5.00. The molecule has 1 aromatic rings. The minimum atomic E-state index is -0.667. The van der Waals surface area contributed by atoms with Gasteiger partial charge in [0.1, 0.15) is 0 Å². The third-order valence-corrected chi connectivity index (χ3v) is 2.61. The predicted molar refractivity (Wildman–Crippen MR) is 75.3 cm³/mol. The van der Waals surface area contributed by atoms with Crippen molar-refractivity contribution in [1.29, 1.82) is 0 Å². The lowest BCUT2D eigenvalue weighted by molar-refractivity contribution is 0.101. The molecule has 0 saturated heterocycles. The van der Waals surface area contributed by atoms with Crippen LogP contribution in [-0.4, -0.2) is 23.3 Å². The molecule has 0 aliphatic heterocycles. The molecule has 1 rings (SSSR count). The van der Waals surface area contributed by atoms with E-state index in [1.54, 1.807) is 24.3 Å². The molecule has 0 aliphatic carbocycles. The largest absolute Gasteiger partial charge is 0.449 e. The maximum atomic E-state index is 11.4. The number of hydrogen-bond donors (Lipinski definition) is 2. The summed E-state index contributed by atoms with van der Waals surface area (Å²) in [7, 11) is 0. The number of amides is 1. The van der Waals surface area contributed by atoms with Gasteiger partial charge in [0.2, 0.25) is 0 Å². The average Bonchev–Trinajstić information content (AvgIpc) is 2.27. The highest BCUT2D eigenvalue weighted by Crippen LogP contribution is 2.19. The lowest BCUT2D eigenvalue weighted by atomic mass is 10.1. The minimum absolute atomic E-state index is 0.158. The zero-order valence-electron chi connectivity index (χ0n) is 11.4. The molecule has 4 nitrogen and oxygen atoms in total. The van der Waals surface area contributed by atoms with E-state index in [0.29, 0.717) is 11.4 Å². The number of hydrogen-bond acceptors (Lipinski definition) is 3. The Bertz CT molecular complexity index is 412. The van der Waals surface area contributed by atoms with Crippen molar-refractivity contribution in [2.45, 2.75) is 38.8 Å². The van der Waals surface area contributed by atoms with Crippen LogP contribution >= 0.6 is 11.6 Å². The lowest BCUT2D eigenvalue weighted by Gasteiger charge is -2.20. The topological polar surface area (TPSA) is 58.6 Å². The first-order valence-electron chi connectivity index (χ1n) is 6.16. The molecule has 1 aromatic carbocycles. The van der Waals surface area contributed by atoms with Crippen molar-refractivity contribution in [1.82, 2.24) is 5.32 Å². The van der Waals surface area contributed by atoms with Crippen LogP contribution in [0.4, 0.5) is 4.79 Å². The number of aliphatic hydroxyl groups excluding tert-OH is 1. The van der Waals surface area contributed by atoms with Crippen molar-refractivity contribution in [3.63, 3.8) is 0 Å². The fourth-order valence-corrected chi connectivity index (χ4v) is 1.58. The van der Waals surface area contributed by atoms with E-state index in [1.165, 1.54) is 0 Å². The molecule has 0 spiro atoms. The molecule has 0 saturated carbocycles. The fraction of sp³-hybridized carbons (Fsp3) is 0.500. The standard InChI is InChI=1S/C14H20ClNO3/c1-14(2,3)16-13(18)19-9-8-12(17)10-4-6-11(15)7-5-10/h4-7,12,17H,8-9H2,1-3H3,(H,16,18). The third-order valence-electron chi connectivity index (χ3n) is 2.36. The van der Waals surface area contributed by atoms with Crippen LogP contribution in [0, 0.1) is 0 Å². The molecule has 19 heavy (non-hydrogen) atoms. The zero-order valence-corrected chi connectivity index (χ0v) is 12.2. The van der Waals surface area contributed by atoms with Crippen LogP contribution in [0.2, 0.25) is 5.02 Å². The fourth-order valence-electron chi connectivity index (χ4n) is 1.46. The Labute approximate surface area is 118 Å². The van der Waals surface area contributed by atoms with Crippen molar-refractivity contribution in [3.8, 4) is 0 Å². The molecular formula is C14H20ClNO3. The summed E-state index contributed by atoms with van der Waals surface area (Å²) >= 11 is 5.76. The van der Waals surface area contributed by atoms with Gasteiger partial charge in [0.25, 0.3) is 0 Å². The smallest absolute Gasteiger partial charge is 0.407 e. The molecule has 1 atom stereocenters. The van der Waals surface area contributed by atoms with Crippen LogP contribution in [0.1, 0.15) is 38.9 Å².